The third-order valence-electron chi connectivity index (χ3n) is 2.92. The molecule has 2 atom stereocenters. The van der Waals surface area contributed by atoms with Crippen molar-refractivity contribution in [1.82, 2.24) is 0 Å². The van der Waals surface area contributed by atoms with Gasteiger partial charge in [-0.3, -0.25) is 4.79 Å². The van der Waals surface area contributed by atoms with Crippen molar-refractivity contribution < 1.29 is 19.7 Å². The van der Waals surface area contributed by atoms with Gasteiger partial charge in [-0.15, -0.1) is 0 Å². The van der Waals surface area contributed by atoms with Crippen molar-refractivity contribution in [1.29, 1.82) is 0 Å². The topological polar surface area (TPSA) is 66.8 Å². The first-order chi connectivity index (χ1) is 6.11. The van der Waals surface area contributed by atoms with Crippen LogP contribution in [-0.2, 0) is 9.53 Å². The molecule has 76 valence electrons. The van der Waals surface area contributed by atoms with Crippen LogP contribution in [0.5, 0.6) is 0 Å². The highest BCUT2D eigenvalue weighted by atomic mass is 16.6. The fourth-order valence-corrected chi connectivity index (χ4v) is 1.82. The van der Waals surface area contributed by atoms with Gasteiger partial charge in [-0.1, -0.05) is 13.8 Å². The van der Waals surface area contributed by atoms with Crippen LogP contribution < -0.4 is 0 Å². The molecule has 0 amide bonds. The number of cyclic esters (lactones) is 1. The van der Waals surface area contributed by atoms with Gasteiger partial charge in [0.15, 0.2) is 0 Å². The van der Waals surface area contributed by atoms with E-state index >= 15 is 0 Å². The predicted octanol–water partition coefficient (Wildman–Crippen LogP) is 0.0714. The Bertz CT molecular complexity index is 198. The van der Waals surface area contributed by atoms with Crippen LogP contribution in [0.4, 0.5) is 0 Å². The normalized spacial score (nSPS) is 31.8. The number of esters is 1. The molecule has 0 aromatic heterocycles. The van der Waals surface area contributed by atoms with E-state index in [-0.39, 0.29) is 6.61 Å². The average molecular weight is 188 g/mol. The molecule has 4 heteroatoms. The number of aliphatic hydroxyl groups excluding tert-OH is 2. The van der Waals surface area contributed by atoms with E-state index in [1.165, 1.54) is 0 Å². The summed E-state index contributed by atoms with van der Waals surface area (Å²) in [5, 5.41) is 18.6. The van der Waals surface area contributed by atoms with E-state index in [0.29, 0.717) is 12.8 Å². The molecule has 0 spiro atoms. The Kier molecular flexibility index (Phi) is 2.93. The summed E-state index contributed by atoms with van der Waals surface area (Å²) in [6.45, 7) is 3.38. The average Bonchev–Trinajstić information content (AvgIpc) is 2.38. The largest absolute Gasteiger partial charge is 0.456 e. The van der Waals surface area contributed by atoms with E-state index in [2.05, 4.69) is 0 Å². The van der Waals surface area contributed by atoms with Gasteiger partial charge in [0.2, 0.25) is 0 Å². The van der Waals surface area contributed by atoms with Crippen LogP contribution in [0.25, 0.3) is 0 Å². The summed E-state index contributed by atoms with van der Waals surface area (Å²) in [6.07, 6.45) is 0.278. The molecule has 2 N–H and O–H groups in total. The van der Waals surface area contributed by atoms with Crippen LogP contribution >= 0.6 is 0 Å². The van der Waals surface area contributed by atoms with Crippen molar-refractivity contribution in [2.75, 3.05) is 6.61 Å². The van der Waals surface area contributed by atoms with E-state index in [1.807, 2.05) is 13.8 Å². The fraction of sp³-hybridized carbons (Fsp3) is 0.889. The Morgan fingerprint density at radius 1 is 1.46 bits per heavy atom. The van der Waals surface area contributed by atoms with Crippen molar-refractivity contribution in [3.8, 4) is 0 Å². The second kappa shape index (κ2) is 3.64. The molecular formula is C9H16O4. The summed E-state index contributed by atoms with van der Waals surface area (Å²) in [6, 6.07) is 0. The molecule has 1 fully saturated rings. The van der Waals surface area contributed by atoms with Crippen LogP contribution in [-0.4, -0.2) is 34.5 Å². The third-order valence-corrected chi connectivity index (χ3v) is 2.92. The Morgan fingerprint density at radius 2 is 2.00 bits per heavy atom. The quantitative estimate of drug-likeness (QED) is 0.615. The fourth-order valence-electron chi connectivity index (χ4n) is 1.82. The number of hydrogen-bond acceptors (Lipinski definition) is 4. The first kappa shape index (κ1) is 10.5. The lowest BCUT2D eigenvalue weighted by Gasteiger charge is -2.28. The number of rotatable bonds is 3. The molecule has 1 heterocycles. The van der Waals surface area contributed by atoms with E-state index in [1.54, 1.807) is 0 Å². The number of ether oxygens (including phenoxy) is 1. The number of aliphatic hydroxyl groups is 2. The molecule has 0 saturated carbocycles. The summed E-state index contributed by atoms with van der Waals surface area (Å²) in [5.74, 6) is -1.25. The summed E-state index contributed by atoms with van der Waals surface area (Å²) < 4.78 is 5.11. The molecular weight excluding hydrogens is 172 g/mol. The Morgan fingerprint density at radius 3 is 2.23 bits per heavy atom. The van der Waals surface area contributed by atoms with Crippen molar-refractivity contribution in [3.05, 3.63) is 0 Å². The van der Waals surface area contributed by atoms with Crippen LogP contribution in [0, 0.1) is 5.92 Å². The van der Waals surface area contributed by atoms with Crippen molar-refractivity contribution in [2.45, 2.75) is 38.4 Å². The minimum Gasteiger partial charge on any atom is -0.456 e. The number of carbonyl (C=O) groups excluding carboxylic acids is 1. The van der Waals surface area contributed by atoms with Crippen LogP contribution in [0.1, 0.15) is 26.7 Å². The maximum Gasteiger partial charge on any atom is 0.314 e. The Labute approximate surface area is 77.5 Å². The third kappa shape index (κ3) is 1.44. The molecule has 0 bridgehead atoms. The first-order valence-electron chi connectivity index (χ1n) is 4.63. The van der Waals surface area contributed by atoms with Crippen LogP contribution in [0.2, 0.25) is 0 Å². The lowest BCUT2D eigenvalue weighted by Crippen LogP contribution is -2.41. The lowest BCUT2D eigenvalue weighted by molar-refractivity contribution is -0.153. The SMILES string of the molecule is CCC1(CC)OC(=O)C(CO)C1O. The molecule has 13 heavy (non-hydrogen) atoms. The zero-order chi connectivity index (χ0) is 10.1. The summed E-state index contributed by atoms with van der Waals surface area (Å²) in [5.41, 5.74) is -0.773. The molecule has 2 unspecified atom stereocenters. The number of carbonyl (C=O) groups is 1. The Hall–Kier alpha value is -0.610. The van der Waals surface area contributed by atoms with Crippen LogP contribution in [0.3, 0.4) is 0 Å². The second-order valence-corrected chi connectivity index (χ2v) is 3.43. The maximum absolute atomic E-state index is 11.2. The van der Waals surface area contributed by atoms with Crippen molar-refractivity contribution in [2.24, 2.45) is 5.92 Å². The molecule has 0 radical (unpaired) electrons. The highest BCUT2D eigenvalue weighted by molar-refractivity contribution is 5.76. The van der Waals surface area contributed by atoms with Crippen LogP contribution in [0.15, 0.2) is 0 Å². The van der Waals surface area contributed by atoms with Gasteiger partial charge in [-0.05, 0) is 12.8 Å². The van der Waals surface area contributed by atoms with E-state index in [4.69, 9.17) is 9.84 Å². The lowest BCUT2D eigenvalue weighted by atomic mass is 9.86. The molecule has 4 nitrogen and oxygen atoms in total. The van der Waals surface area contributed by atoms with E-state index in [0.717, 1.165) is 0 Å². The van der Waals surface area contributed by atoms with E-state index < -0.39 is 23.6 Å². The maximum atomic E-state index is 11.2. The molecule has 1 saturated heterocycles. The van der Waals surface area contributed by atoms with Gasteiger partial charge in [-0.25, -0.2) is 0 Å². The van der Waals surface area contributed by atoms with Gasteiger partial charge in [0.25, 0.3) is 0 Å². The number of hydrogen-bond donors (Lipinski definition) is 2. The van der Waals surface area contributed by atoms with Crippen molar-refractivity contribution in [3.63, 3.8) is 0 Å². The molecule has 0 aliphatic carbocycles. The Balaban J connectivity index is 2.87. The highest BCUT2D eigenvalue weighted by Crippen LogP contribution is 2.36. The minimum atomic E-state index is -0.875. The van der Waals surface area contributed by atoms with Gasteiger partial charge in [0.05, 0.1) is 6.61 Å². The molecule has 0 aromatic carbocycles. The second-order valence-electron chi connectivity index (χ2n) is 3.43. The summed E-state index contributed by atoms with van der Waals surface area (Å²) >= 11 is 0. The van der Waals surface area contributed by atoms with Gasteiger partial charge in [-0.2, -0.15) is 0 Å². The monoisotopic (exact) mass is 188 g/mol. The molecule has 1 rings (SSSR count). The minimum absolute atomic E-state index is 0.345. The zero-order valence-corrected chi connectivity index (χ0v) is 7.99. The van der Waals surface area contributed by atoms with E-state index in [9.17, 15) is 9.90 Å². The highest BCUT2D eigenvalue weighted by Gasteiger charge is 2.52. The predicted molar refractivity (Wildman–Crippen MR) is 46.0 cm³/mol. The van der Waals surface area contributed by atoms with Gasteiger partial charge < -0.3 is 14.9 Å². The molecule has 1 aliphatic heterocycles. The van der Waals surface area contributed by atoms with Gasteiger partial charge in [0, 0.05) is 0 Å². The van der Waals surface area contributed by atoms with Gasteiger partial charge in [0.1, 0.15) is 17.6 Å². The standard InChI is InChI=1S/C9H16O4/c1-3-9(4-2)7(11)6(5-10)8(12)13-9/h6-7,10-11H,3-5H2,1-2H3. The molecule has 1 aliphatic rings. The summed E-state index contributed by atoms with van der Waals surface area (Å²) in [4.78, 5) is 11.2. The first-order valence-corrected chi connectivity index (χ1v) is 4.63. The van der Waals surface area contributed by atoms with Crippen molar-refractivity contribution >= 4 is 5.97 Å². The smallest absolute Gasteiger partial charge is 0.314 e. The summed E-state index contributed by atoms with van der Waals surface area (Å²) in [7, 11) is 0. The zero-order valence-electron chi connectivity index (χ0n) is 7.99. The molecule has 0 aromatic rings. The van der Waals surface area contributed by atoms with Gasteiger partial charge >= 0.3 is 5.97 Å².